The smallest absolute Gasteiger partial charge is 0.0398 e. The van der Waals surface area contributed by atoms with Crippen molar-refractivity contribution >= 4 is 5.69 Å². The van der Waals surface area contributed by atoms with Crippen LogP contribution >= 0.6 is 0 Å². The van der Waals surface area contributed by atoms with Crippen LogP contribution in [-0.4, -0.2) is 25.2 Å². The monoisotopic (exact) mass is 246 g/mol. The van der Waals surface area contributed by atoms with E-state index in [9.17, 15) is 0 Å². The average molecular weight is 246 g/mol. The average Bonchev–Trinajstić information content (AvgIpc) is 2.30. The molecule has 0 bridgehead atoms. The molecule has 1 aliphatic heterocycles. The summed E-state index contributed by atoms with van der Waals surface area (Å²) in [5.74, 6) is 0. The van der Waals surface area contributed by atoms with Crippen molar-refractivity contribution in [1.82, 2.24) is 5.32 Å². The van der Waals surface area contributed by atoms with Gasteiger partial charge in [-0.3, -0.25) is 0 Å². The summed E-state index contributed by atoms with van der Waals surface area (Å²) in [6.45, 7) is 12.5. The first kappa shape index (κ1) is 13.4. The van der Waals surface area contributed by atoms with Gasteiger partial charge in [0.1, 0.15) is 0 Å². The van der Waals surface area contributed by atoms with Gasteiger partial charge in [-0.05, 0) is 64.3 Å². The van der Waals surface area contributed by atoms with Gasteiger partial charge in [-0.15, -0.1) is 0 Å². The van der Waals surface area contributed by atoms with Crippen LogP contribution in [0.2, 0.25) is 0 Å². The quantitative estimate of drug-likeness (QED) is 0.818. The first-order valence-corrected chi connectivity index (χ1v) is 7.06. The van der Waals surface area contributed by atoms with Crippen LogP contribution in [0.1, 0.15) is 37.8 Å². The Bertz CT molecular complexity index is 410. The Morgan fingerprint density at radius 3 is 2.72 bits per heavy atom. The highest BCUT2D eigenvalue weighted by atomic mass is 15.1. The summed E-state index contributed by atoms with van der Waals surface area (Å²) in [5, 5.41) is 3.63. The van der Waals surface area contributed by atoms with Gasteiger partial charge in [-0.25, -0.2) is 0 Å². The number of benzene rings is 1. The SMILES string of the molecule is Cc1cccc(N2CCCNC(C)(C)CC2)c1C. The zero-order valence-electron chi connectivity index (χ0n) is 12.2. The van der Waals surface area contributed by atoms with Gasteiger partial charge >= 0.3 is 0 Å². The van der Waals surface area contributed by atoms with Crippen LogP contribution in [0.4, 0.5) is 5.69 Å². The van der Waals surface area contributed by atoms with E-state index in [1.807, 2.05) is 0 Å². The molecule has 1 saturated heterocycles. The van der Waals surface area contributed by atoms with E-state index in [0.29, 0.717) is 0 Å². The highest BCUT2D eigenvalue weighted by Gasteiger charge is 2.21. The second-order valence-electron chi connectivity index (χ2n) is 6.12. The van der Waals surface area contributed by atoms with Gasteiger partial charge in [0.25, 0.3) is 0 Å². The molecule has 0 spiro atoms. The number of aryl methyl sites for hydroxylation is 1. The molecule has 0 unspecified atom stereocenters. The number of hydrogen-bond donors (Lipinski definition) is 1. The summed E-state index contributed by atoms with van der Waals surface area (Å²) >= 11 is 0. The lowest BCUT2D eigenvalue weighted by Crippen LogP contribution is -2.46. The van der Waals surface area contributed by atoms with E-state index in [1.54, 1.807) is 0 Å². The van der Waals surface area contributed by atoms with Gasteiger partial charge in [0.05, 0.1) is 0 Å². The first-order valence-electron chi connectivity index (χ1n) is 7.06. The highest BCUT2D eigenvalue weighted by Crippen LogP contribution is 2.25. The Labute approximate surface area is 111 Å². The Balaban J connectivity index is 2.18. The van der Waals surface area contributed by atoms with E-state index in [-0.39, 0.29) is 5.54 Å². The summed E-state index contributed by atoms with van der Waals surface area (Å²) in [7, 11) is 0. The molecule has 1 N–H and O–H groups in total. The second kappa shape index (κ2) is 5.31. The Hall–Kier alpha value is -1.02. The predicted molar refractivity (Wildman–Crippen MR) is 79.4 cm³/mol. The molecule has 0 saturated carbocycles. The zero-order valence-corrected chi connectivity index (χ0v) is 12.2. The fourth-order valence-corrected chi connectivity index (χ4v) is 2.63. The minimum Gasteiger partial charge on any atom is -0.371 e. The minimum atomic E-state index is 0.260. The van der Waals surface area contributed by atoms with Gasteiger partial charge in [0, 0.05) is 24.3 Å². The van der Waals surface area contributed by atoms with E-state index in [1.165, 1.54) is 29.7 Å². The molecule has 0 amide bonds. The predicted octanol–water partition coefficient (Wildman–Crippen LogP) is 3.27. The van der Waals surface area contributed by atoms with Crippen molar-refractivity contribution in [2.45, 2.75) is 46.1 Å². The van der Waals surface area contributed by atoms with Crippen LogP contribution < -0.4 is 10.2 Å². The molecule has 0 aliphatic carbocycles. The van der Waals surface area contributed by atoms with Crippen molar-refractivity contribution in [3.63, 3.8) is 0 Å². The number of nitrogens with zero attached hydrogens (tertiary/aromatic N) is 1. The van der Waals surface area contributed by atoms with Crippen LogP contribution in [0.25, 0.3) is 0 Å². The van der Waals surface area contributed by atoms with Crippen LogP contribution in [0.3, 0.4) is 0 Å². The van der Waals surface area contributed by atoms with E-state index < -0.39 is 0 Å². The zero-order chi connectivity index (χ0) is 13.2. The number of hydrogen-bond acceptors (Lipinski definition) is 2. The molecule has 2 rings (SSSR count). The maximum absolute atomic E-state index is 3.63. The number of anilines is 1. The number of nitrogens with one attached hydrogen (secondary N) is 1. The van der Waals surface area contributed by atoms with E-state index in [4.69, 9.17) is 0 Å². The van der Waals surface area contributed by atoms with Crippen LogP contribution in [0, 0.1) is 13.8 Å². The van der Waals surface area contributed by atoms with Crippen LogP contribution in [0.15, 0.2) is 18.2 Å². The van der Waals surface area contributed by atoms with Crippen molar-refractivity contribution in [3.05, 3.63) is 29.3 Å². The molecule has 0 radical (unpaired) electrons. The van der Waals surface area contributed by atoms with Crippen molar-refractivity contribution < 1.29 is 0 Å². The van der Waals surface area contributed by atoms with Gasteiger partial charge in [0.2, 0.25) is 0 Å². The molecule has 2 nitrogen and oxygen atoms in total. The molecule has 2 heteroatoms. The molecule has 0 atom stereocenters. The summed E-state index contributed by atoms with van der Waals surface area (Å²) in [6.07, 6.45) is 2.41. The maximum atomic E-state index is 3.63. The molecule has 1 aromatic rings. The third kappa shape index (κ3) is 3.05. The molecular weight excluding hydrogens is 220 g/mol. The van der Waals surface area contributed by atoms with Gasteiger partial charge in [0.15, 0.2) is 0 Å². The Morgan fingerprint density at radius 1 is 1.17 bits per heavy atom. The van der Waals surface area contributed by atoms with Crippen molar-refractivity contribution in [3.8, 4) is 0 Å². The molecule has 0 aromatic heterocycles. The molecule has 1 aliphatic rings. The second-order valence-corrected chi connectivity index (χ2v) is 6.12. The summed E-state index contributed by atoms with van der Waals surface area (Å²) in [6, 6.07) is 6.65. The molecule has 1 heterocycles. The van der Waals surface area contributed by atoms with E-state index in [0.717, 1.165) is 19.6 Å². The molecule has 1 fully saturated rings. The third-order valence-corrected chi connectivity index (χ3v) is 4.13. The van der Waals surface area contributed by atoms with Gasteiger partial charge in [-0.2, -0.15) is 0 Å². The lowest BCUT2D eigenvalue weighted by molar-refractivity contribution is 0.346. The minimum absolute atomic E-state index is 0.260. The van der Waals surface area contributed by atoms with Crippen molar-refractivity contribution in [1.29, 1.82) is 0 Å². The van der Waals surface area contributed by atoms with Crippen LogP contribution in [-0.2, 0) is 0 Å². The topological polar surface area (TPSA) is 15.3 Å². The first-order chi connectivity index (χ1) is 8.49. The summed E-state index contributed by atoms with van der Waals surface area (Å²) < 4.78 is 0. The standard InChI is InChI=1S/C16H26N2/c1-13-7-5-8-15(14(13)2)18-11-6-10-17-16(3,4)9-12-18/h5,7-8,17H,6,9-12H2,1-4H3. The number of rotatable bonds is 1. The highest BCUT2D eigenvalue weighted by molar-refractivity contribution is 5.56. The Kier molecular flexibility index (Phi) is 3.96. The lowest BCUT2D eigenvalue weighted by Gasteiger charge is -2.35. The molecule has 100 valence electrons. The van der Waals surface area contributed by atoms with Crippen molar-refractivity contribution in [2.24, 2.45) is 0 Å². The van der Waals surface area contributed by atoms with Crippen LogP contribution in [0.5, 0.6) is 0 Å². The fourth-order valence-electron chi connectivity index (χ4n) is 2.63. The fraction of sp³-hybridized carbons (Fsp3) is 0.625. The largest absolute Gasteiger partial charge is 0.371 e. The lowest BCUT2D eigenvalue weighted by atomic mass is 9.98. The van der Waals surface area contributed by atoms with Crippen molar-refractivity contribution in [2.75, 3.05) is 24.5 Å². The Morgan fingerprint density at radius 2 is 1.94 bits per heavy atom. The van der Waals surface area contributed by atoms with E-state index >= 15 is 0 Å². The molecular formula is C16H26N2. The molecule has 18 heavy (non-hydrogen) atoms. The summed E-state index contributed by atoms with van der Waals surface area (Å²) in [5.41, 5.74) is 4.51. The molecule has 1 aromatic carbocycles. The van der Waals surface area contributed by atoms with Gasteiger partial charge < -0.3 is 10.2 Å². The van der Waals surface area contributed by atoms with Gasteiger partial charge in [-0.1, -0.05) is 12.1 Å². The normalized spacial score (nSPS) is 20.3. The summed E-state index contributed by atoms with van der Waals surface area (Å²) in [4.78, 5) is 2.56. The van der Waals surface area contributed by atoms with E-state index in [2.05, 4.69) is 56.1 Å². The maximum Gasteiger partial charge on any atom is 0.0398 e. The third-order valence-electron chi connectivity index (χ3n) is 4.13.